The highest BCUT2D eigenvalue weighted by molar-refractivity contribution is 7.89. The van der Waals surface area contributed by atoms with Gasteiger partial charge in [-0.05, 0) is 48.6 Å². The summed E-state index contributed by atoms with van der Waals surface area (Å²) in [6, 6.07) is 12.1. The number of amides is 1. The third kappa shape index (κ3) is 3.63. The Hall–Kier alpha value is -1.89. The normalized spacial score (nSPS) is 17.0. The van der Waals surface area contributed by atoms with Crippen molar-refractivity contribution in [2.75, 3.05) is 14.1 Å². The van der Waals surface area contributed by atoms with Gasteiger partial charge in [0, 0.05) is 14.1 Å². The van der Waals surface area contributed by atoms with Gasteiger partial charge in [-0.2, -0.15) is 0 Å². The summed E-state index contributed by atoms with van der Waals surface area (Å²) in [5.41, 5.74) is 2.51. The van der Waals surface area contributed by atoms with Gasteiger partial charge in [-0.1, -0.05) is 35.9 Å². The Morgan fingerprint density at radius 3 is 2.65 bits per heavy atom. The number of hydrogen-bond donors (Lipinski definition) is 1. The fraction of sp³-hybridized carbons (Fsp3) is 0.316. The average Bonchev–Trinajstić information content (AvgIpc) is 2.62. The van der Waals surface area contributed by atoms with E-state index in [-0.39, 0.29) is 27.4 Å². The SMILES string of the molecule is CN(C)S(=O)(=O)c1ccc(Cl)c(C(=O)N[C@@H]2CCCc3ccccc32)c1. The van der Waals surface area contributed by atoms with Crippen LogP contribution in [0.3, 0.4) is 0 Å². The summed E-state index contributed by atoms with van der Waals surface area (Å²) in [7, 11) is -0.743. The molecule has 7 heteroatoms. The number of aryl methyl sites for hydroxylation is 1. The predicted molar refractivity (Wildman–Crippen MR) is 102 cm³/mol. The third-order valence-corrected chi connectivity index (χ3v) is 6.78. The summed E-state index contributed by atoms with van der Waals surface area (Å²) in [4.78, 5) is 12.8. The summed E-state index contributed by atoms with van der Waals surface area (Å²) in [6.07, 6.45) is 2.83. The molecule has 0 unspecified atom stereocenters. The van der Waals surface area contributed by atoms with Crippen molar-refractivity contribution in [3.63, 3.8) is 0 Å². The monoisotopic (exact) mass is 392 g/mol. The Morgan fingerprint density at radius 1 is 1.19 bits per heavy atom. The molecule has 0 saturated carbocycles. The lowest BCUT2D eigenvalue weighted by Gasteiger charge is -2.26. The van der Waals surface area contributed by atoms with E-state index in [1.165, 1.54) is 37.9 Å². The highest BCUT2D eigenvalue weighted by atomic mass is 35.5. The molecule has 3 rings (SSSR count). The van der Waals surface area contributed by atoms with E-state index in [0.29, 0.717) is 0 Å². The Bertz CT molecular complexity index is 942. The van der Waals surface area contributed by atoms with Crippen molar-refractivity contribution in [3.8, 4) is 0 Å². The molecule has 1 aliphatic carbocycles. The lowest BCUT2D eigenvalue weighted by atomic mass is 9.87. The fourth-order valence-corrected chi connectivity index (χ4v) is 4.32. The molecule has 1 atom stereocenters. The van der Waals surface area contributed by atoms with E-state index in [2.05, 4.69) is 11.4 Å². The molecule has 0 fully saturated rings. The van der Waals surface area contributed by atoms with Crippen LogP contribution in [-0.2, 0) is 16.4 Å². The lowest BCUT2D eigenvalue weighted by molar-refractivity contribution is 0.0932. The van der Waals surface area contributed by atoms with E-state index in [1.54, 1.807) is 0 Å². The van der Waals surface area contributed by atoms with Crippen molar-refractivity contribution in [1.29, 1.82) is 0 Å². The molecule has 0 spiro atoms. The van der Waals surface area contributed by atoms with Gasteiger partial charge in [0.1, 0.15) is 0 Å². The minimum absolute atomic E-state index is 0.0427. The number of carbonyl (C=O) groups is 1. The van der Waals surface area contributed by atoms with Crippen LogP contribution in [0.25, 0.3) is 0 Å². The standard InChI is InChI=1S/C19H21ClN2O3S/c1-22(2)26(24,25)14-10-11-17(20)16(12-14)19(23)21-18-9-5-7-13-6-3-4-8-15(13)18/h3-4,6,8,10-12,18H,5,7,9H2,1-2H3,(H,21,23)/t18-/m1/s1. The van der Waals surface area contributed by atoms with Crippen LogP contribution in [0.2, 0.25) is 5.02 Å². The van der Waals surface area contributed by atoms with Crippen LogP contribution in [0.5, 0.6) is 0 Å². The molecule has 0 aliphatic heterocycles. The van der Waals surface area contributed by atoms with Crippen molar-refractivity contribution in [2.45, 2.75) is 30.2 Å². The minimum Gasteiger partial charge on any atom is -0.345 e. The van der Waals surface area contributed by atoms with Gasteiger partial charge >= 0.3 is 0 Å². The molecule has 26 heavy (non-hydrogen) atoms. The molecule has 0 radical (unpaired) electrons. The van der Waals surface area contributed by atoms with Gasteiger partial charge in [-0.3, -0.25) is 4.79 Å². The van der Waals surface area contributed by atoms with E-state index >= 15 is 0 Å². The molecule has 1 N–H and O–H groups in total. The second-order valence-electron chi connectivity index (χ2n) is 6.55. The van der Waals surface area contributed by atoms with Gasteiger partial charge in [-0.15, -0.1) is 0 Å². The average molecular weight is 393 g/mol. The number of nitrogens with zero attached hydrogens (tertiary/aromatic N) is 1. The highest BCUT2D eigenvalue weighted by Crippen LogP contribution is 2.30. The smallest absolute Gasteiger partial charge is 0.253 e. The van der Waals surface area contributed by atoms with Crippen molar-refractivity contribution in [2.24, 2.45) is 0 Å². The summed E-state index contributed by atoms with van der Waals surface area (Å²) >= 11 is 6.17. The van der Waals surface area contributed by atoms with Crippen LogP contribution in [0.4, 0.5) is 0 Å². The number of carbonyl (C=O) groups excluding carboxylic acids is 1. The first-order valence-electron chi connectivity index (χ1n) is 8.41. The summed E-state index contributed by atoms with van der Waals surface area (Å²) in [5, 5.41) is 3.23. The molecule has 0 saturated heterocycles. The second kappa shape index (κ2) is 7.39. The molecule has 2 aromatic carbocycles. The van der Waals surface area contributed by atoms with E-state index in [4.69, 9.17) is 11.6 Å². The number of halogens is 1. The number of fused-ring (bicyclic) bond motifs is 1. The molecule has 5 nitrogen and oxygen atoms in total. The predicted octanol–water partition coefficient (Wildman–Crippen LogP) is 3.40. The fourth-order valence-electron chi connectivity index (χ4n) is 3.19. The van der Waals surface area contributed by atoms with E-state index < -0.39 is 10.0 Å². The van der Waals surface area contributed by atoms with Crippen LogP contribution in [0.1, 0.15) is 40.4 Å². The van der Waals surface area contributed by atoms with E-state index in [9.17, 15) is 13.2 Å². The Balaban J connectivity index is 1.90. The molecule has 0 heterocycles. The van der Waals surface area contributed by atoms with Crippen LogP contribution in [-0.4, -0.2) is 32.7 Å². The number of nitrogens with one attached hydrogen (secondary N) is 1. The Morgan fingerprint density at radius 2 is 1.92 bits per heavy atom. The Kier molecular flexibility index (Phi) is 5.37. The summed E-state index contributed by atoms with van der Waals surface area (Å²) in [5.74, 6) is -0.368. The first kappa shape index (κ1) is 18.9. The van der Waals surface area contributed by atoms with Crippen molar-refractivity contribution in [3.05, 3.63) is 64.2 Å². The van der Waals surface area contributed by atoms with Crippen molar-refractivity contribution < 1.29 is 13.2 Å². The zero-order valence-corrected chi connectivity index (χ0v) is 16.3. The Labute approximate surface area is 159 Å². The van der Waals surface area contributed by atoms with Crippen LogP contribution in [0.15, 0.2) is 47.4 Å². The van der Waals surface area contributed by atoms with Gasteiger partial charge in [0.2, 0.25) is 10.0 Å². The summed E-state index contributed by atoms with van der Waals surface area (Å²) < 4.78 is 25.8. The minimum atomic E-state index is -3.64. The third-order valence-electron chi connectivity index (χ3n) is 4.64. The summed E-state index contributed by atoms with van der Waals surface area (Å²) in [6.45, 7) is 0. The number of sulfonamides is 1. The van der Waals surface area contributed by atoms with Gasteiger partial charge in [0.15, 0.2) is 0 Å². The molecular formula is C19H21ClN2O3S. The van der Waals surface area contributed by atoms with Gasteiger partial charge < -0.3 is 5.32 Å². The van der Waals surface area contributed by atoms with Crippen LogP contribution >= 0.6 is 11.6 Å². The van der Waals surface area contributed by atoms with E-state index in [0.717, 1.165) is 29.1 Å². The topological polar surface area (TPSA) is 66.5 Å². The van der Waals surface area contributed by atoms with Gasteiger partial charge in [0.25, 0.3) is 5.91 Å². The van der Waals surface area contributed by atoms with Crippen molar-refractivity contribution in [1.82, 2.24) is 9.62 Å². The highest BCUT2D eigenvalue weighted by Gasteiger charge is 2.25. The van der Waals surface area contributed by atoms with Crippen molar-refractivity contribution >= 4 is 27.5 Å². The van der Waals surface area contributed by atoms with E-state index in [1.807, 2.05) is 18.2 Å². The first-order chi connectivity index (χ1) is 12.3. The molecule has 0 aromatic heterocycles. The zero-order chi connectivity index (χ0) is 18.9. The maximum atomic E-state index is 12.8. The molecule has 1 aliphatic rings. The maximum Gasteiger partial charge on any atom is 0.253 e. The quantitative estimate of drug-likeness (QED) is 0.867. The zero-order valence-electron chi connectivity index (χ0n) is 14.7. The largest absolute Gasteiger partial charge is 0.345 e. The molecular weight excluding hydrogens is 372 g/mol. The number of hydrogen-bond acceptors (Lipinski definition) is 3. The molecule has 138 valence electrons. The van der Waals surface area contributed by atoms with Gasteiger partial charge in [-0.25, -0.2) is 12.7 Å². The molecule has 0 bridgehead atoms. The molecule has 1 amide bonds. The number of rotatable bonds is 4. The van der Waals surface area contributed by atoms with Crippen LogP contribution < -0.4 is 5.32 Å². The van der Waals surface area contributed by atoms with Gasteiger partial charge in [0.05, 0.1) is 21.5 Å². The number of benzene rings is 2. The molecule has 2 aromatic rings. The lowest BCUT2D eigenvalue weighted by Crippen LogP contribution is -2.31. The van der Waals surface area contributed by atoms with Crippen LogP contribution in [0, 0.1) is 0 Å². The maximum absolute atomic E-state index is 12.8. The first-order valence-corrected chi connectivity index (χ1v) is 10.2. The second-order valence-corrected chi connectivity index (χ2v) is 9.11.